The zero-order valence-corrected chi connectivity index (χ0v) is 11.9. The van der Waals surface area contributed by atoms with Gasteiger partial charge in [0.2, 0.25) is 5.91 Å². The van der Waals surface area contributed by atoms with E-state index in [1.165, 1.54) is 0 Å². The van der Waals surface area contributed by atoms with E-state index in [1.54, 1.807) is 18.2 Å². The van der Waals surface area contributed by atoms with Crippen molar-refractivity contribution in [2.75, 3.05) is 18.5 Å². The first-order chi connectivity index (χ1) is 9.60. The predicted octanol–water partition coefficient (Wildman–Crippen LogP) is 2.05. The lowest BCUT2D eigenvalue weighted by Gasteiger charge is -2.11. The molecule has 2 atom stereocenters. The van der Waals surface area contributed by atoms with E-state index in [2.05, 4.69) is 17.2 Å². The molecule has 2 N–H and O–H groups in total. The van der Waals surface area contributed by atoms with Crippen LogP contribution in [0.3, 0.4) is 0 Å². The Hall–Kier alpha value is -1.54. The fourth-order valence-electron chi connectivity index (χ4n) is 2.10. The van der Waals surface area contributed by atoms with E-state index in [9.17, 15) is 4.79 Å². The summed E-state index contributed by atoms with van der Waals surface area (Å²) in [4.78, 5) is 12.2. The fraction of sp³-hybridized carbons (Fsp3) is 0.400. The number of aliphatic hydroxyl groups is 1. The van der Waals surface area contributed by atoms with Crippen molar-refractivity contribution in [3.63, 3.8) is 0 Å². The van der Waals surface area contributed by atoms with Crippen LogP contribution >= 0.6 is 11.6 Å². The molecule has 5 heteroatoms. The summed E-state index contributed by atoms with van der Waals surface area (Å²) in [5, 5.41) is 12.1. The minimum absolute atomic E-state index is 0.0938. The molecule has 0 radical (unpaired) electrons. The van der Waals surface area contributed by atoms with Crippen LogP contribution in [-0.2, 0) is 9.53 Å². The van der Waals surface area contributed by atoms with Crippen molar-refractivity contribution in [3.05, 3.63) is 28.8 Å². The number of hydrogen-bond donors (Lipinski definition) is 2. The Labute approximate surface area is 123 Å². The van der Waals surface area contributed by atoms with E-state index >= 15 is 0 Å². The third-order valence-electron chi connectivity index (χ3n) is 3.11. The van der Waals surface area contributed by atoms with E-state index < -0.39 is 0 Å². The molecule has 2 unspecified atom stereocenters. The van der Waals surface area contributed by atoms with E-state index in [0.717, 1.165) is 0 Å². The number of rotatable bonds is 2. The molecule has 0 spiro atoms. The van der Waals surface area contributed by atoms with Crippen molar-refractivity contribution in [1.29, 1.82) is 0 Å². The minimum Gasteiger partial charge on any atom is -0.384 e. The largest absolute Gasteiger partial charge is 0.384 e. The quantitative estimate of drug-likeness (QED) is 0.821. The van der Waals surface area contributed by atoms with Crippen molar-refractivity contribution in [1.82, 2.24) is 0 Å². The van der Waals surface area contributed by atoms with Gasteiger partial charge >= 0.3 is 0 Å². The van der Waals surface area contributed by atoms with Gasteiger partial charge in [0.1, 0.15) is 6.61 Å². The highest BCUT2D eigenvalue weighted by atomic mass is 35.5. The molecule has 106 valence electrons. The molecule has 2 rings (SSSR count). The second kappa shape index (κ2) is 6.76. The van der Waals surface area contributed by atoms with Crippen molar-refractivity contribution in [3.8, 4) is 11.8 Å². The van der Waals surface area contributed by atoms with Crippen LogP contribution in [0.2, 0.25) is 5.02 Å². The molecule has 0 aromatic heterocycles. The number of benzene rings is 1. The summed E-state index contributed by atoms with van der Waals surface area (Å²) in [6, 6.07) is 5.06. The van der Waals surface area contributed by atoms with Gasteiger partial charge in [-0.05, 0) is 31.5 Å². The molecule has 1 aromatic rings. The molecule has 20 heavy (non-hydrogen) atoms. The van der Waals surface area contributed by atoms with Gasteiger partial charge in [-0.25, -0.2) is 0 Å². The molecule has 0 bridgehead atoms. The number of ether oxygens (including phenoxy) is 1. The van der Waals surface area contributed by atoms with Gasteiger partial charge in [-0.3, -0.25) is 4.79 Å². The molecular weight excluding hydrogens is 278 g/mol. The summed E-state index contributed by atoms with van der Waals surface area (Å²) in [5.74, 6) is 5.11. The standard InChI is InChI=1S/C15H16ClNO3/c1-10-7-12(9-20-10)15(19)17-14-8-13(16)5-4-11(14)3-2-6-18/h4-5,8,10,12,18H,6-7,9H2,1H3,(H,17,19). The van der Waals surface area contributed by atoms with Gasteiger partial charge in [-0.1, -0.05) is 23.4 Å². The number of nitrogens with one attached hydrogen (secondary N) is 1. The van der Waals surface area contributed by atoms with Crippen LogP contribution in [0.15, 0.2) is 18.2 Å². The van der Waals surface area contributed by atoms with Crippen LogP contribution in [0.25, 0.3) is 0 Å². The molecule has 1 saturated heterocycles. The van der Waals surface area contributed by atoms with Crippen LogP contribution in [0.4, 0.5) is 5.69 Å². The monoisotopic (exact) mass is 293 g/mol. The highest BCUT2D eigenvalue weighted by Crippen LogP contribution is 2.24. The third kappa shape index (κ3) is 3.73. The molecule has 0 saturated carbocycles. The zero-order valence-electron chi connectivity index (χ0n) is 11.1. The summed E-state index contributed by atoms with van der Waals surface area (Å²) >= 11 is 5.94. The summed E-state index contributed by atoms with van der Waals surface area (Å²) in [6.07, 6.45) is 0.822. The van der Waals surface area contributed by atoms with Gasteiger partial charge < -0.3 is 15.2 Å². The van der Waals surface area contributed by atoms with Crippen LogP contribution in [0, 0.1) is 17.8 Å². The lowest BCUT2D eigenvalue weighted by atomic mass is 10.0. The zero-order chi connectivity index (χ0) is 14.5. The molecule has 0 aliphatic carbocycles. The first-order valence-corrected chi connectivity index (χ1v) is 6.79. The average molecular weight is 294 g/mol. The van der Waals surface area contributed by atoms with Crippen LogP contribution < -0.4 is 5.32 Å². The van der Waals surface area contributed by atoms with Crippen molar-refractivity contribution in [2.45, 2.75) is 19.4 Å². The molecule has 1 amide bonds. The Morgan fingerprint density at radius 1 is 1.60 bits per heavy atom. The van der Waals surface area contributed by atoms with Gasteiger partial charge in [0, 0.05) is 10.6 Å². The number of carbonyl (C=O) groups is 1. The summed E-state index contributed by atoms with van der Waals surface area (Å²) in [5.41, 5.74) is 1.19. The van der Waals surface area contributed by atoms with Crippen LogP contribution in [0.1, 0.15) is 18.9 Å². The molecule has 1 aliphatic rings. The van der Waals surface area contributed by atoms with E-state index in [-0.39, 0.29) is 24.5 Å². The van der Waals surface area contributed by atoms with Crippen LogP contribution in [-0.4, -0.2) is 30.3 Å². The maximum absolute atomic E-state index is 12.2. The Morgan fingerprint density at radius 3 is 3.05 bits per heavy atom. The third-order valence-corrected chi connectivity index (χ3v) is 3.35. The van der Waals surface area contributed by atoms with Crippen molar-refractivity contribution < 1.29 is 14.6 Å². The van der Waals surface area contributed by atoms with Gasteiger partial charge in [-0.15, -0.1) is 0 Å². The Morgan fingerprint density at radius 2 is 2.40 bits per heavy atom. The molecule has 1 aromatic carbocycles. The highest BCUT2D eigenvalue weighted by molar-refractivity contribution is 6.31. The first-order valence-electron chi connectivity index (χ1n) is 6.42. The van der Waals surface area contributed by atoms with E-state index in [1.807, 2.05) is 6.92 Å². The maximum atomic E-state index is 12.2. The average Bonchev–Trinajstić information content (AvgIpc) is 2.85. The maximum Gasteiger partial charge on any atom is 0.229 e. The van der Waals surface area contributed by atoms with Crippen molar-refractivity contribution in [2.24, 2.45) is 5.92 Å². The number of aliphatic hydroxyl groups excluding tert-OH is 1. The Bertz CT molecular complexity index is 562. The van der Waals surface area contributed by atoms with Gasteiger partial charge in [-0.2, -0.15) is 0 Å². The van der Waals surface area contributed by atoms with Crippen LogP contribution in [0.5, 0.6) is 0 Å². The Kier molecular flexibility index (Phi) is 5.02. The molecular formula is C15H16ClNO3. The normalized spacial score (nSPS) is 21.1. The van der Waals surface area contributed by atoms with Gasteiger partial charge in [0.15, 0.2) is 0 Å². The fourth-order valence-corrected chi connectivity index (χ4v) is 2.27. The molecule has 1 heterocycles. The molecule has 4 nitrogen and oxygen atoms in total. The van der Waals surface area contributed by atoms with E-state index in [4.69, 9.17) is 21.4 Å². The smallest absolute Gasteiger partial charge is 0.229 e. The molecule has 1 fully saturated rings. The number of hydrogen-bond acceptors (Lipinski definition) is 3. The minimum atomic E-state index is -0.232. The SMILES string of the molecule is CC1CC(C(=O)Nc2cc(Cl)ccc2C#CCO)CO1. The molecule has 1 aliphatic heterocycles. The van der Waals surface area contributed by atoms with Gasteiger partial charge in [0.25, 0.3) is 0 Å². The predicted molar refractivity (Wildman–Crippen MR) is 77.6 cm³/mol. The first kappa shape index (κ1) is 14.9. The second-order valence-electron chi connectivity index (χ2n) is 4.72. The highest BCUT2D eigenvalue weighted by Gasteiger charge is 2.28. The Balaban J connectivity index is 2.15. The number of amides is 1. The van der Waals surface area contributed by atoms with Crippen molar-refractivity contribution >= 4 is 23.2 Å². The number of anilines is 1. The summed E-state index contributed by atoms with van der Waals surface area (Å²) < 4.78 is 5.40. The summed E-state index contributed by atoms with van der Waals surface area (Å²) in [7, 11) is 0. The number of halogens is 1. The number of carbonyl (C=O) groups excluding carboxylic acids is 1. The topological polar surface area (TPSA) is 58.6 Å². The van der Waals surface area contributed by atoms with E-state index in [0.29, 0.717) is 29.3 Å². The second-order valence-corrected chi connectivity index (χ2v) is 5.15. The summed E-state index contributed by atoms with van der Waals surface area (Å²) in [6.45, 7) is 2.15. The van der Waals surface area contributed by atoms with Gasteiger partial charge in [0.05, 0.1) is 24.3 Å². The lowest BCUT2D eigenvalue weighted by molar-refractivity contribution is -0.119. The lowest BCUT2D eigenvalue weighted by Crippen LogP contribution is -2.23.